The molecule has 0 aromatic heterocycles. The van der Waals surface area contributed by atoms with Crippen LogP contribution >= 0.6 is 15.9 Å². The molecule has 1 aliphatic rings. The van der Waals surface area contributed by atoms with Crippen LogP contribution in [0.5, 0.6) is 5.75 Å². The van der Waals surface area contributed by atoms with Crippen molar-refractivity contribution in [3.05, 3.63) is 28.2 Å². The van der Waals surface area contributed by atoms with Crippen molar-refractivity contribution < 1.29 is 9.47 Å². The molecule has 1 fully saturated rings. The minimum absolute atomic E-state index is 0.366. The minimum Gasteiger partial charge on any atom is -0.492 e. The Bertz CT molecular complexity index is 433. The maximum atomic E-state index is 5.71. The van der Waals surface area contributed by atoms with E-state index in [1.54, 1.807) is 0 Å². The van der Waals surface area contributed by atoms with Crippen LogP contribution < -0.4 is 10.1 Å². The molecule has 118 valence electrons. The molecule has 0 amide bonds. The molecule has 1 saturated heterocycles. The van der Waals surface area contributed by atoms with E-state index in [2.05, 4.69) is 46.4 Å². The van der Waals surface area contributed by atoms with Gasteiger partial charge in [-0.3, -0.25) is 0 Å². The highest BCUT2D eigenvalue weighted by atomic mass is 79.9. The molecule has 4 heteroatoms. The molecule has 2 unspecified atom stereocenters. The van der Waals surface area contributed by atoms with Crippen molar-refractivity contribution in [3.8, 4) is 5.75 Å². The summed E-state index contributed by atoms with van der Waals surface area (Å²) in [4.78, 5) is 0. The number of benzene rings is 1. The Kier molecular flexibility index (Phi) is 7.00. The van der Waals surface area contributed by atoms with Crippen LogP contribution in [0.3, 0.4) is 0 Å². The first kappa shape index (κ1) is 16.8. The Labute approximate surface area is 136 Å². The Hall–Kier alpha value is -0.580. The van der Waals surface area contributed by atoms with E-state index < -0.39 is 0 Å². The van der Waals surface area contributed by atoms with Crippen LogP contribution in [0.4, 0.5) is 0 Å². The quantitative estimate of drug-likeness (QED) is 0.746. The number of hydrogen-bond acceptors (Lipinski definition) is 3. The highest BCUT2D eigenvalue weighted by molar-refractivity contribution is 9.10. The number of ether oxygens (including phenoxy) is 2. The van der Waals surface area contributed by atoms with Gasteiger partial charge in [0.2, 0.25) is 0 Å². The van der Waals surface area contributed by atoms with Crippen molar-refractivity contribution in [2.75, 3.05) is 20.3 Å². The largest absolute Gasteiger partial charge is 0.492 e. The highest BCUT2D eigenvalue weighted by Crippen LogP contribution is 2.31. The van der Waals surface area contributed by atoms with E-state index in [9.17, 15) is 0 Å². The fourth-order valence-corrected chi connectivity index (χ4v) is 3.28. The topological polar surface area (TPSA) is 30.5 Å². The summed E-state index contributed by atoms with van der Waals surface area (Å²) in [6, 6.07) is 6.75. The summed E-state index contributed by atoms with van der Waals surface area (Å²) >= 11 is 3.61. The third-order valence-corrected chi connectivity index (χ3v) is 4.59. The molecule has 0 radical (unpaired) electrons. The molecule has 1 heterocycles. The number of nitrogens with one attached hydrogen (secondary N) is 1. The van der Waals surface area contributed by atoms with Crippen LogP contribution in [0.1, 0.15) is 50.6 Å². The van der Waals surface area contributed by atoms with Gasteiger partial charge >= 0.3 is 0 Å². The molecule has 1 aromatic carbocycles. The van der Waals surface area contributed by atoms with Crippen molar-refractivity contribution in [1.29, 1.82) is 0 Å². The summed E-state index contributed by atoms with van der Waals surface area (Å²) in [6.07, 6.45) is 6.12. The number of hydrogen-bond donors (Lipinski definition) is 1. The summed E-state index contributed by atoms with van der Waals surface area (Å²) in [6.45, 7) is 3.81. The van der Waals surface area contributed by atoms with Gasteiger partial charge in [-0.15, -0.1) is 0 Å². The van der Waals surface area contributed by atoms with Gasteiger partial charge in [0, 0.05) is 12.6 Å². The molecule has 0 bridgehead atoms. The Balaban J connectivity index is 1.95. The molecule has 0 saturated carbocycles. The summed E-state index contributed by atoms with van der Waals surface area (Å²) in [5.41, 5.74) is 1.30. The van der Waals surface area contributed by atoms with E-state index in [1.807, 2.05) is 7.05 Å². The lowest BCUT2D eigenvalue weighted by molar-refractivity contribution is 0.0998. The fourth-order valence-electron chi connectivity index (χ4n) is 2.77. The number of halogens is 1. The Morgan fingerprint density at radius 2 is 2.33 bits per heavy atom. The highest BCUT2D eigenvalue weighted by Gasteiger charge is 2.18. The van der Waals surface area contributed by atoms with Gasteiger partial charge in [-0.25, -0.2) is 0 Å². The smallest absolute Gasteiger partial charge is 0.133 e. The van der Waals surface area contributed by atoms with Gasteiger partial charge in [0.05, 0.1) is 17.2 Å². The van der Waals surface area contributed by atoms with Crippen molar-refractivity contribution in [1.82, 2.24) is 5.32 Å². The van der Waals surface area contributed by atoms with Crippen molar-refractivity contribution in [3.63, 3.8) is 0 Å². The molecule has 2 atom stereocenters. The molecule has 3 nitrogen and oxygen atoms in total. The molecular formula is C17H26BrNO2. The Morgan fingerprint density at radius 3 is 2.95 bits per heavy atom. The van der Waals surface area contributed by atoms with Gasteiger partial charge in [0.15, 0.2) is 0 Å². The molecule has 1 N–H and O–H groups in total. The first-order chi connectivity index (χ1) is 10.2. The fraction of sp³-hybridized carbons (Fsp3) is 0.647. The van der Waals surface area contributed by atoms with Gasteiger partial charge in [0.1, 0.15) is 5.75 Å². The van der Waals surface area contributed by atoms with E-state index in [-0.39, 0.29) is 0 Å². The predicted octanol–water partition coefficient (Wildman–Crippen LogP) is 4.46. The summed E-state index contributed by atoms with van der Waals surface area (Å²) in [7, 11) is 2.02. The van der Waals surface area contributed by atoms with E-state index in [1.165, 1.54) is 18.4 Å². The van der Waals surface area contributed by atoms with Crippen LogP contribution in [0.25, 0.3) is 0 Å². The molecule has 1 aromatic rings. The zero-order valence-corrected chi connectivity index (χ0v) is 14.6. The van der Waals surface area contributed by atoms with E-state index in [0.29, 0.717) is 12.1 Å². The third kappa shape index (κ3) is 4.97. The van der Waals surface area contributed by atoms with Crippen LogP contribution in [0.2, 0.25) is 0 Å². The zero-order chi connectivity index (χ0) is 15.1. The molecule has 1 aliphatic heterocycles. The first-order valence-electron chi connectivity index (χ1n) is 7.95. The van der Waals surface area contributed by atoms with Gasteiger partial charge in [0.25, 0.3) is 0 Å². The molecule has 0 aliphatic carbocycles. The normalized spacial score (nSPS) is 19.7. The van der Waals surface area contributed by atoms with Crippen LogP contribution in [0.15, 0.2) is 22.7 Å². The first-order valence-corrected chi connectivity index (χ1v) is 8.75. The predicted molar refractivity (Wildman–Crippen MR) is 89.9 cm³/mol. The van der Waals surface area contributed by atoms with E-state index in [4.69, 9.17) is 9.47 Å². The van der Waals surface area contributed by atoms with Crippen molar-refractivity contribution >= 4 is 15.9 Å². The lowest BCUT2D eigenvalue weighted by Gasteiger charge is -2.19. The third-order valence-electron chi connectivity index (χ3n) is 3.97. The lowest BCUT2D eigenvalue weighted by Crippen LogP contribution is -2.18. The van der Waals surface area contributed by atoms with E-state index >= 15 is 0 Å². The average molecular weight is 356 g/mol. The minimum atomic E-state index is 0.366. The zero-order valence-electron chi connectivity index (χ0n) is 13.0. The summed E-state index contributed by atoms with van der Waals surface area (Å²) < 4.78 is 12.5. The average Bonchev–Trinajstić information content (AvgIpc) is 3.00. The van der Waals surface area contributed by atoms with Crippen molar-refractivity contribution in [2.45, 2.75) is 51.2 Å². The molecule has 0 spiro atoms. The van der Waals surface area contributed by atoms with Crippen LogP contribution in [-0.4, -0.2) is 26.4 Å². The second kappa shape index (κ2) is 8.76. The lowest BCUT2D eigenvalue weighted by atomic mass is 9.99. The maximum absolute atomic E-state index is 5.71. The molecule has 2 rings (SSSR count). The summed E-state index contributed by atoms with van der Waals surface area (Å²) in [5.74, 6) is 0.926. The molecule has 21 heavy (non-hydrogen) atoms. The monoisotopic (exact) mass is 355 g/mol. The van der Waals surface area contributed by atoms with Gasteiger partial charge < -0.3 is 14.8 Å². The van der Waals surface area contributed by atoms with Gasteiger partial charge in [-0.1, -0.05) is 13.0 Å². The SMILES string of the molecule is CCCOc1ccc(C(CCC2CCCO2)NC)cc1Br. The molecular weight excluding hydrogens is 330 g/mol. The van der Waals surface area contributed by atoms with Gasteiger partial charge in [-0.05, 0) is 72.8 Å². The van der Waals surface area contributed by atoms with Crippen molar-refractivity contribution in [2.24, 2.45) is 0 Å². The Morgan fingerprint density at radius 1 is 1.48 bits per heavy atom. The standard InChI is InChI=1S/C17H26BrNO2/c1-3-10-21-17-9-6-13(12-15(17)18)16(19-2)8-7-14-5-4-11-20-14/h6,9,12,14,16,19H,3-5,7-8,10-11H2,1-2H3. The number of rotatable bonds is 8. The summed E-state index contributed by atoms with van der Waals surface area (Å²) in [5, 5.41) is 3.41. The van der Waals surface area contributed by atoms with Crippen LogP contribution in [0, 0.1) is 0 Å². The second-order valence-corrected chi connectivity index (χ2v) is 6.45. The second-order valence-electron chi connectivity index (χ2n) is 5.59. The van der Waals surface area contributed by atoms with E-state index in [0.717, 1.165) is 42.7 Å². The van der Waals surface area contributed by atoms with Crippen LogP contribution in [-0.2, 0) is 4.74 Å². The maximum Gasteiger partial charge on any atom is 0.133 e. The van der Waals surface area contributed by atoms with Gasteiger partial charge in [-0.2, -0.15) is 0 Å².